The Balaban J connectivity index is 3.05. The van der Waals surface area contributed by atoms with Crippen LogP contribution in [0.15, 0.2) is 0 Å². The van der Waals surface area contributed by atoms with Gasteiger partial charge in [0.05, 0.1) is 0 Å². The molecule has 0 fully saturated rings. The number of rotatable bonds is 18. The van der Waals surface area contributed by atoms with Gasteiger partial charge in [0.2, 0.25) is 0 Å². The lowest BCUT2D eigenvalue weighted by Gasteiger charge is -2.12. The van der Waals surface area contributed by atoms with Crippen LogP contribution in [0.2, 0.25) is 0 Å². The van der Waals surface area contributed by atoms with Crippen molar-refractivity contribution in [3.8, 4) is 0 Å². The summed E-state index contributed by atoms with van der Waals surface area (Å²) in [6.45, 7) is 4.15. The van der Waals surface area contributed by atoms with Crippen molar-refractivity contribution in [1.29, 1.82) is 0 Å². The van der Waals surface area contributed by atoms with Gasteiger partial charge in [-0.3, -0.25) is 4.52 Å². The zero-order valence-electron chi connectivity index (χ0n) is 15.3. The number of unbranched alkanes of at least 4 members (excludes halogenated alkanes) is 13. The van der Waals surface area contributed by atoms with E-state index in [9.17, 15) is 0 Å². The topological polar surface area (TPSA) is 49.7 Å². The van der Waals surface area contributed by atoms with E-state index in [2.05, 4.69) is 6.92 Å². The van der Waals surface area contributed by atoms with Gasteiger partial charge in [0.25, 0.3) is 0 Å². The lowest BCUT2D eigenvalue weighted by atomic mass is 10.0. The Morgan fingerprint density at radius 2 is 1.13 bits per heavy atom. The van der Waals surface area contributed by atoms with E-state index in [1.807, 2.05) is 6.92 Å². The molecule has 2 N–H and O–H groups in total. The minimum atomic E-state index is -2.20. The van der Waals surface area contributed by atoms with E-state index in [1.54, 1.807) is 11.8 Å². The quantitative estimate of drug-likeness (QED) is 0.159. The van der Waals surface area contributed by atoms with Crippen molar-refractivity contribution >= 4 is 20.4 Å². The molecule has 0 aliphatic heterocycles. The van der Waals surface area contributed by atoms with E-state index in [-0.39, 0.29) is 5.44 Å². The minimum Gasteiger partial charge on any atom is -0.328 e. The molecule has 0 bridgehead atoms. The monoisotopic (exact) mass is 366 g/mol. The first-order chi connectivity index (χ1) is 11.2. The largest absolute Gasteiger partial charge is 0.328 e. The van der Waals surface area contributed by atoms with Crippen LogP contribution < -0.4 is 0 Å². The zero-order valence-corrected chi connectivity index (χ0v) is 17.1. The summed E-state index contributed by atoms with van der Waals surface area (Å²) < 4.78 is 4.91. The fourth-order valence-corrected chi connectivity index (χ4v) is 4.15. The minimum absolute atomic E-state index is 0.113. The van der Waals surface area contributed by atoms with Gasteiger partial charge in [-0.2, -0.15) is 0 Å². The SMILES string of the molecule is CCCCCCCCCCCCCCCCSC(C)OP(O)O. The Morgan fingerprint density at radius 1 is 0.739 bits per heavy atom. The van der Waals surface area contributed by atoms with E-state index >= 15 is 0 Å². The summed E-state index contributed by atoms with van der Waals surface area (Å²) in [6, 6.07) is 0. The summed E-state index contributed by atoms with van der Waals surface area (Å²) in [4.78, 5) is 17.5. The summed E-state index contributed by atoms with van der Waals surface area (Å²) in [7, 11) is -2.20. The van der Waals surface area contributed by atoms with E-state index in [0.29, 0.717) is 0 Å². The number of hydrogen-bond acceptors (Lipinski definition) is 4. The van der Waals surface area contributed by atoms with Crippen LogP contribution in [0.4, 0.5) is 0 Å². The molecule has 0 rings (SSSR count). The third kappa shape index (κ3) is 20.6. The lowest BCUT2D eigenvalue weighted by molar-refractivity contribution is 0.248. The molecule has 1 unspecified atom stereocenters. The second-order valence-electron chi connectivity index (χ2n) is 6.39. The van der Waals surface area contributed by atoms with Crippen molar-refractivity contribution in [3.05, 3.63) is 0 Å². The molecule has 0 aliphatic rings. The first-order valence-corrected chi connectivity index (χ1v) is 11.8. The Hall–Kier alpha value is 0.660. The molecule has 0 heterocycles. The molecule has 0 saturated carbocycles. The van der Waals surface area contributed by atoms with Crippen LogP contribution in [0.1, 0.15) is 104 Å². The van der Waals surface area contributed by atoms with Crippen molar-refractivity contribution in [1.82, 2.24) is 0 Å². The van der Waals surface area contributed by atoms with Gasteiger partial charge in [-0.1, -0.05) is 90.4 Å². The third-order valence-electron chi connectivity index (χ3n) is 4.09. The molecule has 0 saturated heterocycles. The fraction of sp³-hybridized carbons (Fsp3) is 1.00. The molecule has 0 aromatic carbocycles. The van der Waals surface area contributed by atoms with Crippen LogP contribution in [0.5, 0.6) is 0 Å². The summed E-state index contributed by atoms with van der Waals surface area (Å²) in [5.41, 5.74) is -0.113. The van der Waals surface area contributed by atoms with Crippen molar-refractivity contribution < 1.29 is 14.3 Å². The van der Waals surface area contributed by atoms with Gasteiger partial charge < -0.3 is 9.79 Å². The average Bonchev–Trinajstić information content (AvgIpc) is 2.50. The molecule has 0 radical (unpaired) electrons. The van der Waals surface area contributed by atoms with Gasteiger partial charge in [-0.05, 0) is 19.1 Å². The van der Waals surface area contributed by atoms with Crippen LogP contribution in [-0.4, -0.2) is 21.0 Å². The van der Waals surface area contributed by atoms with Gasteiger partial charge >= 0.3 is 8.60 Å². The second kappa shape index (κ2) is 19.0. The highest BCUT2D eigenvalue weighted by atomic mass is 32.2. The maximum atomic E-state index is 8.73. The van der Waals surface area contributed by atoms with Crippen LogP contribution >= 0.6 is 20.4 Å². The maximum Gasteiger partial charge on any atom is 0.328 e. The Labute approximate surface area is 150 Å². The number of thioether (sulfide) groups is 1. The summed E-state index contributed by atoms with van der Waals surface area (Å²) in [5, 5.41) is 0. The van der Waals surface area contributed by atoms with Crippen molar-refractivity contribution in [3.63, 3.8) is 0 Å². The Bertz CT molecular complexity index is 230. The smallest absolute Gasteiger partial charge is 0.328 e. The molecule has 0 aliphatic carbocycles. The van der Waals surface area contributed by atoms with Crippen molar-refractivity contribution in [2.24, 2.45) is 0 Å². The van der Waals surface area contributed by atoms with Crippen LogP contribution in [0.25, 0.3) is 0 Å². The molecule has 3 nitrogen and oxygen atoms in total. The van der Waals surface area contributed by atoms with E-state index in [1.165, 1.54) is 89.9 Å². The van der Waals surface area contributed by atoms with Gasteiger partial charge in [-0.25, -0.2) is 0 Å². The highest BCUT2D eigenvalue weighted by Crippen LogP contribution is 2.31. The predicted molar refractivity (Wildman–Crippen MR) is 105 cm³/mol. The van der Waals surface area contributed by atoms with Crippen LogP contribution in [0, 0.1) is 0 Å². The molecular weight excluding hydrogens is 327 g/mol. The van der Waals surface area contributed by atoms with Crippen molar-refractivity contribution in [2.75, 3.05) is 5.75 Å². The molecule has 0 aromatic heterocycles. The lowest BCUT2D eigenvalue weighted by Crippen LogP contribution is -2.00. The van der Waals surface area contributed by atoms with Gasteiger partial charge in [0, 0.05) is 0 Å². The first-order valence-electron chi connectivity index (χ1n) is 9.63. The fourth-order valence-electron chi connectivity index (χ4n) is 2.71. The molecule has 0 aromatic rings. The first kappa shape index (κ1) is 23.7. The van der Waals surface area contributed by atoms with Crippen LogP contribution in [0.3, 0.4) is 0 Å². The molecule has 1 atom stereocenters. The summed E-state index contributed by atoms with van der Waals surface area (Å²) in [5.74, 6) is 1.04. The molecular formula is C18H39O3PS. The van der Waals surface area contributed by atoms with Crippen molar-refractivity contribution in [2.45, 2.75) is 109 Å². The van der Waals surface area contributed by atoms with Gasteiger partial charge in [0.1, 0.15) is 5.44 Å². The predicted octanol–water partition coefficient (Wildman–Crippen LogP) is 6.78. The second-order valence-corrected chi connectivity index (χ2v) is 8.51. The highest BCUT2D eigenvalue weighted by Gasteiger charge is 2.07. The number of hydrogen-bond donors (Lipinski definition) is 2. The summed E-state index contributed by atoms with van der Waals surface area (Å²) >= 11 is 1.66. The Kier molecular flexibility index (Phi) is 19.5. The van der Waals surface area contributed by atoms with Crippen LogP contribution in [-0.2, 0) is 4.52 Å². The zero-order chi connectivity index (χ0) is 17.2. The molecule has 140 valence electrons. The van der Waals surface area contributed by atoms with Gasteiger partial charge in [0.15, 0.2) is 0 Å². The average molecular weight is 367 g/mol. The Morgan fingerprint density at radius 3 is 1.52 bits per heavy atom. The molecule has 5 heteroatoms. The molecule has 0 spiro atoms. The van der Waals surface area contributed by atoms with E-state index < -0.39 is 8.60 Å². The standard InChI is InChI=1S/C18H39O3PS/c1-3-4-5-6-7-8-9-10-11-12-13-14-15-16-17-23-18(2)21-22(19)20/h18-20H,3-17H2,1-2H3. The summed E-state index contributed by atoms with van der Waals surface area (Å²) in [6.07, 6.45) is 19.3. The van der Waals surface area contributed by atoms with E-state index in [0.717, 1.165) is 5.75 Å². The maximum absolute atomic E-state index is 8.73. The van der Waals surface area contributed by atoms with Gasteiger partial charge in [-0.15, -0.1) is 11.8 Å². The third-order valence-corrected chi connectivity index (χ3v) is 5.83. The normalized spacial score (nSPS) is 12.9. The molecule has 23 heavy (non-hydrogen) atoms. The van der Waals surface area contributed by atoms with E-state index in [4.69, 9.17) is 14.3 Å². The highest BCUT2D eigenvalue weighted by molar-refractivity contribution is 7.99. The molecule has 0 amide bonds.